The van der Waals surface area contributed by atoms with Gasteiger partial charge in [-0.2, -0.15) is 0 Å². The van der Waals surface area contributed by atoms with Gasteiger partial charge in [0.2, 0.25) is 5.91 Å². The van der Waals surface area contributed by atoms with Gasteiger partial charge >= 0.3 is 0 Å². The molecule has 3 rings (SSSR count). The predicted molar refractivity (Wildman–Crippen MR) is 96.9 cm³/mol. The van der Waals surface area contributed by atoms with Gasteiger partial charge < -0.3 is 14.5 Å². The summed E-state index contributed by atoms with van der Waals surface area (Å²) in [6.07, 6.45) is 0.363. The van der Waals surface area contributed by atoms with Crippen molar-refractivity contribution in [2.24, 2.45) is 0 Å². The minimum Gasteiger partial charge on any atom is -0.497 e. The van der Waals surface area contributed by atoms with Gasteiger partial charge in [0.05, 0.1) is 13.5 Å². The molecule has 0 radical (unpaired) electrons. The second-order valence-corrected chi connectivity index (χ2v) is 6.24. The number of piperazine rings is 1. The average molecular weight is 345 g/mol. The summed E-state index contributed by atoms with van der Waals surface area (Å²) in [5.74, 6) is 0.991. The highest BCUT2D eigenvalue weighted by atomic mass is 35.5. The van der Waals surface area contributed by atoms with Crippen LogP contribution in [0, 0.1) is 0 Å². The molecule has 2 aromatic carbocycles. The Bertz CT molecular complexity index is 695. The fourth-order valence-corrected chi connectivity index (χ4v) is 3.13. The van der Waals surface area contributed by atoms with E-state index in [2.05, 4.69) is 17.0 Å². The number of methoxy groups -OCH3 is 1. The van der Waals surface area contributed by atoms with Crippen molar-refractivity contribution in [2.45, 2.75) is 6.42 Å². The van der Waals surface area contributed by atoms with Crippen LogP contribution in [0.15, 0.2) is 48.5 Å². The summed E-state index contributed by atoms with van der Waals surface area (Å²) in [5.41, 5.74) is 2.05. The van der Waals surface area contributed by atoms with Crippen molar-refractivity contribution in [3.05, 3.63) is 59.1 Å². The van der Waals surface area contributed by atoms with Crippen molar-refractivity contribution in [3.8, 4) is 5.75 Å². The van der Waals surface area contributed by atoms with Gasteiger partial charge in [0.15, 0.2) is 0 Å². The Kier molecular flexibility index (Phi) is 5.26. The van der Waals surface area contributed by atoms with Crippen LogP contribution in [0.4, 0.5) is 5.69 Å². The molecule has 0 saturated carbocycles. The number of halogens is 1. The summed E-state index contributed by atoms with van der Waals surface area (Å²) in [5, 5.41) is 0.655. The molecule has 4 nitrogen and oxygen atoms in total. The van der Waals surface area contributed by atoms with Crippen LogP contribution in [-0.4, -0.2) is 44.1 Å². The van der Waals surface area contributed by atoms with Crippen molar-refractivity contribution in [2.75, 3.05) is 38.2 Å². The van der Waals surface area contributed by atoms with Crippen LogP contribution in [-0.2, 0) is 11.2 Å². The van der Waals surface area contributed by atoms with Gasteiger partial charge in [-0.05, 0) is 35.9 Å². The van der Waals surface area contributed by atoms with Crippen molar-refractivity contribution in [1.82, 2.24) is 4.90 Å². The normalized spacial score (nSPS) is 14.6. The van der Waals surface area contributed by atoms with Crippen molar-refractivity contribution < 1.29 is 9.53 Å². The molecule has 5 heteroatoms. The van der Waals surface area contributed by atoms with Gasteiger partial charge in [-0.25, -0.2) is 0 Å². The first-order chi connectivity index (χ1) is 11.7. The second-order valence-electron chi connectivity index (χ2n) is 5.83. The Morgan fingerprint density at radius 2 is 1.71 bits per heavy atom. The highest BCUT2D eigenvalue weighted by molar-refractivity contribution is 6.31. The van der Waals surface area contributed by atoms with Crippen LogP contribution < -0.4 is 9.64 Å². The predicted octanol–water partition coefficient (Wildman–Crippen LogP) is 3.24. The summed E-state index contributed by atoms with van der Waals surface area (Å²) in [7, 11) is 1.67. The Morgan fingerprint density at radius 3 is 2.33 bits per heavy atom. The Labute approximate surface area is 147 Å². The number of hydrogen-bond donors (Lipinski definition) is 0. The first-order valence-corrected chi connectivity index (χ1v) is 8.45. The Morgan fingerprint density at radius 1 is 1.04 bits per heavy atom. The number of carbonyl (C=O) groups excluding carboxylic acids is 1. The van der Waals surface area contributed by atoms with Gasteiger partial charge in [-0.3, -0.25) is 4.79 Å². The van der Waals surface area contributed by atoms with Gasteiger partial charge in [0, 0.05) is 36.9 Å². The molecule has 0 atom stereocenters. The monoisotopic (exact) mass is 344 g/mol. The first-order valence-electron chi connectivity index (χ1n) is 8.07. The van der Waals surface area contributed by atoms with Crippen LogP contribution in [0.25, 0.3) is 0 Å². The number of anilines is 1. The molecule has 1 aliphatic heterocycles. The smallest absolute Gasteiger partial charge is 0.227 e. The molecular formula is C19H21ClN2O2. The third-order valence-electron chi connectivity index (χ3n) is 4.37. The minimum atomic E-state index is 0.137. The molecule has 1 amide bonds. The zero-order chi connectivity index (χ0) is 16.9. The molecule has 0 aliphatic carbocycles. The number of carbonyl (C=O) groups is 1. The van der Waals surface area contributed by atoms with E-state index < -0.39 is 0 Å². The molecular weight excluding hydrogens is 324 g/mol. The van der Waals surface area contributed by atoms with E-state index in [-0.39, 0.29) is 5.91 Å². The number of hydrogen-bond acceptors (Lipinski definition) is 3. The van der Waals surface area contributed by atoms with Gasteiger partial charge in [-0.1, -0.05) is 29.8 Å². The maximum absolute atomic E-state index is 12.5. The lowest BCUT2D eigenvalue weighted by Crippen LogP contribution is -2.49. The number of amides is 1. The number of ether oxygens (including phenoxy) is 1. The van der Waals surface area contributed by atoms with Crippen LogP contribution in [0.3, 0.4) is 0 Å². The SMILES string of the molecule is COc1ccc(N2CCN(C(=O)Cc3ccccc3Cl)CC2)cc1. The van der Waals surface area contributed by atoms with Gasteiger partial charge in [-0.15, -0.1) is 0 Å². The van der Waals surface area contributed by atoms with Crippen LogP contribution >= 0.6 is 11.6 Å². The first kappa shape index (κ1) is 16.7. The number of benzene rings is 2. The molecule has 1 saturated heterocycles. The summed E-state index contributed by atoms with van der Waals surface area (Å²) in [6, 6.07) is 15.6. The van der Waals surface area contributed by atoms with E-state index >= 15 is 0 Å². The molecule has 2 aromatic rings. The largest absolute Gasteiger partial charge is 0.497 e. The van der Waals surface area contributed by atoms with Gasteiger partial charge in [0.25, 0.3) is 0 Å². The summed E-state index contributed by atoms with van der Waals surface area (Å²) >= 11 is 6.15. The molecule has 0 unspecified atom stereocenters. The lowest BCUT2D eigenvalue weighted by molar-refractivity contribution is -0.130. The highest BCUT2D eigenvalue weighted by Gasteiger charge is 2.21. The van der Waals surface area contributed by atoms with E-state index in [1.165, 1.54) is 0 Å². The molecule has 0 spiro atoms. The zero-order valence-corrected chi connectivity index (χ0v) is 14.5. The molecule has 0 bridgehead atoms. The topological polar surface area (TPSA) is 32.8 Å². The van der Waals surface area contributed by atoms with E-state index in [1.807, 2.05) is 41.3 Å². The fourth-order valence-electron chi connectivity index (χ4n) is 2.92. The molecule has 0 aromatic heterocycles. The standard InChI is InChI=1S/C19H21ClN2O2/c1-24-17-8-6-16(7-9-17)21-10-12-22(13-11-21)19(23)14-15-4-2-3-5-18(15)20/h2-9H,10-14H2,1H3. The van der Waals surface area contributed by atoms with E-state index in [9.17, 15) is 4.79 Å². The second kappa shape index (κ2) is 7.58. The maximum Gasteiger partial charge on any atom is 0.227 e. The lowest BCUT2D eigenvalue weighted by Gasteiger charge is -2.36. The summed E-state index contributed by atoms with van der Waals surface area (Å²) in [4.78, 5) is 16.7. The fraction of sp³-hybridized carbons (Fsp3) is 0.316. The molecule has 1 fully saturated rings. The van der Waals surface area contributed by atoms with Gasteiger partial charge in [0.1, 0.15) is 5.75 Å². The summed E-state index contributed by atoms with van der Waals surface area (Å²) < 4.78 is 5.19. The van der Waals surface area contributed by atoms with Crippen LogP contribution in [0.1, 0.15) is 5.56 Å². The van der Waals surface area contributed by atoms with E-state index in [4.69, 9.17) is 16.3 Å². The minimum absolute atomic E-state index is 0.137. The molecule has 1 heterocycles. The quantitative estimate of drug-likeness (QED) is 0.853. The van der Waals surface area contributed by atoms with Crippen molar-refractivity contribution >= 4 is 23.2 Å². The van der Waals surface area contributed by atoms with Crippen LogP contribution in [0.2, 0.25) is 5.02 Å². The summed E-state index contributed by atoms with van der Waals surface area (Å²) in [6.45, 7) is 3.13. The average Bonchev–Trinajstić information content (AvgIpc) is 2.64. The van der Waals surface area contributed by atoms with Crippen LogP contribution in [0.5, 0.6) is 5.75 Å². The third kappa shape index (κ3) is 3.82. The Balaban J connectivity index is 1.56. The number of nitrogens with zero attached hydrogens (tertiary/aromatic N) is 2. The van der Waals surface area contributed by atoms with E-state index in [0.29, 0.717) is 11.4 Å². The highest BCUT2D eigenvalue weighted by Crippen LogP contribution is 2.21. The van der Waals surface area contributed by atoms with Crippen molar-refractivity contribution in [3.63, 3.8) is 0 Å². The number of rotatable bonds is 4. The van der Waals surface area contributed by atoms with Crippen molar-refractivity contribution in [1.29, 1.82) is 0 Å². The molecule has 0 N–H and O–H groups in total. The maximum atomic E-state index is 12.5. The zero-order valence-electron chi connectivity index (χ0n) is 13.7. The Hall–Kier alpha value is -2.20. The molecule has 1 aliphatic rings. The lowest BCUT2D eigenvalue weighted by atomic mass is 10.1. The van der Waals surface area contributed by atoms with E-state index in [0.717, 1.165) is 43.2 Å². The van der Waals surface area contributed by atoms with E-state index in [1.54, 1.807) is 7.11 Å². The third-order valence-corrected chi connectivity index (χ3v) is 4.74. The molecule has 24 heavy (non-hydrogen) atoms. The molecule has 126 valence electrons.